The predicted molar refractivity (Wildman–Crippen MR) is 111 cm³/mol. The number of amides is 3. The molecule has 0 fully saturated rings. The summed E-state index contributed by atoms with van der Waals surface area (Å²) in [5.41, 5.74) is 1.87. The molecule has 0 spiro atoms. The average Bonchev–Trinajstić information content (AvgIpc) is 2.70. The molecule has 6 nitrogen and oxygen atoms in total. The zero-order chi connectivity index (χ0) is 19.6. The summed E-state index contributed by atoms with van der Waals surface area (Å²) in [5.74, 6) is 0.563. The van der Waals surface area contributed by atoms with Crippen LogP contribution in [0.5, 0.6) is 5.75 Å². The van der Waals surface area contributed by atoms with Crippen LogP contribution in [0.15, 0.2) is 84.9 Å². The van der Waals surface area contributed by atoms with Crippen molar-refractivity contribution in [1.82, 2.24) is 0 Å². The lowest BCUT2D eigenvalue weighted by Crippen LogP contribution is -2.19. The van der Waals surface area contributed by atoms with Gasteiger partial charge in [0.05, 0.1) is 13.0 Å². The number of para-hydroxylation sites is 2. The minimum Gasteiger partial charge on any atom is -0.493 e. The molecular formula is C22H21N3O3. The molecule has 0 saturated heterocycles. The Balaban J connectivity index is 1.47. The number of benzene rings is 3. The molecule has 0 aliphatic rings. The normalized spacial score (nSPS) is 10.0. The van der Waals surface area contributed by atoms with Crippen molar-refractivity contribution in [2.75, 3.05) is 22.6 Å². The highest BCUT2D eigenvalue weighted by Gasteiger charge is 2.06. The van der Waals surface area contributed by atoms with Crippen LogP contribution in [-0.4, -0.2) is 18.5 Å². The molecule has 6 heteroatoms. The first-order chi connectivity index (χ1) is 13.7. The van der Waals surface area contributed by atoms with Crippen molar-refractivity contribution < 1.29 is 14.3 Å². The van der Waals surface area contributed by atoms with E-state index in [1.54, 1.807) is 36.4 Å². The largest absolute Gasteiger partial charge is 0.493 e. The number of urea groups is 1. The number of carbonyl (C=O) groups is 2. The standard InChI is InChI=1S/C22H21N3O3/c26-21(14-15-28-20-12-5-2-6-13-20)23-18-10-7-11-19(16-18)25-22(27)24-17-8-3-1-4-9-17/h1-13,16H,14-15H2,(H,23,26)(H2,24,25,27). The van der Waals surface area contributed by atoms with Crippen LogP contribution < -0.4 is 20.7 Å². The van der Waals surface area contributed by atoms with Crippen LogP contribution in [0.4, 0.5) is 21.9 Å². The molecule has 0 aromatic heterocycles. The smallest absolute Gasteiger partial charge is 0.323 e. The Morgan fingerprint density at radius 2 is 1.25 bits per heavy atom. The average molecular weight is 375 g/mol. The number of ether oxygens (including phenoxy) is 1. The number of hydrogen-bond acceptors (Lipinski definition) is 3. The Morgan fingerprint density at radius 3 is 1.96 bits per heavy atom. The molecular weight excluding hydrogens is 354 g/mol. The van der Waals surface area contributed by atoms with E-state index in [1.807, 2.05) is 48.5 Å². The van der Waals surface area contributed by atoms with Crippen molar-refractivity contribution in [3.63, 3.8) is 0 Å². The molecule has 142 valence electrons. The second-order valence-corrected chi connectivity index (χ2v) is 5.99. The van der Waals surface area contributed by atoms with E-state index in [2.05, 4.69) is 16.0 Å². The summed E-state index contributed by atoms with van der Waals surface area (Å²) in [6, 6.07) is 25.1. The molecule has 0 saturated carbocycles. The number of rotatable bonds is 7. The summed E-state index contributed by atoms with van der Waals surface area (Å²) in [6.07, 6.45) is 0.223. The van der Waals surface area contributed by atoms with Crippen LogP contribution in [0.25, 0.3) is 0 Å². The van der Waals surface area contributed by atoms with Crippen molar-refractivity contribution in [3.8, 4) is 5.75 Å². The predicted octanol–water partition coefficient (Wildman–Crippen LogP) is 4.74. The number of hydrogen-bond donors (Lipinski definition) is 3. The molecule has 0 heterocycles. The molecule has 0 unspecified atom stereocenters. The van der Waals surface area contributed by atoms with Crippen LogP contribution in [0.2, 0.25) is 0 Å². The van der Waals surface area contributed by atoms with Crippen LogP contribution in [0, 0.1) is 0 Å². The van der Waals surface area contributed by atoms with Gasteiger partial charge in [-0.3, -0.25) is 4.79 Å². The number of carbonyl (C=O) groups excluding carboxylic acids is 2. The summed E-state index contributed by atoms with van der Waals surface area (Å²) in [6.45, 7) is 0.285. The maximum atomic E-state index is 12.1. The quantitative estimate of drug-likeness (QED) is 0.558. The number of anilines is 3. The van der Waals surface area contributed by atoms with E-state index in [0.29, 0.717) is 17.1 Å². The maximum Gasteiger partial charge on any atom is 0.323 e. The molecule has 0 aliphatic heterocycles. The molecule has 0 bridgehead atoms. The van der Waals surface area contributed by atoms with Gasteiger partial charge in [-0.25, -0.2) is 4.79 Å². The van der Waals surface area contributed by atoms with Gasteiger partial charge in [0.15, 0.2) is 0 Å². The highest BCUT2D eigenvalue weighted by Crippen LogP contribution is 2.16. The van der Waals surface area contributed by atoms with E-state index in [0.717, 1.165) is 5.75 Å². The van der Waals surface area contributed by atoms with Gasteiger partial charge in [0.1, 0.15) is 5.75 Å². The fourth-order valence-corrected chi connectivity index (χ4v) is 2.49. The third-order valence-electron chi connectivity index (χ3n) is 3.78. The molecule has 3 aromatic carbocycles. The SMILES string of the molecule is O=C(CCOc1ccccc1)Nc1cccc(NC(=O)Nc2ccccc2)c1. The van der Waals surface area contributed by atoms with Crippen LogP contribution in [-0.2, 0) is 4.79 Å². The molecule has 3 aromatic rings. The fraction of sp³-hybridized carbons (Fsp3) is 0.0909. The van der Waals surface area contributed by atoms with Crippen molar-refractivity contribution >= 4 is 29.0 Å². The lowest BCUT2D eigenvalue weighted by atomic mass is 10.2. The van der Waals surface area contributed by atoms with Crippen LogP contribution in [0.3, 0.4) is 0 Å². The summed E-state index contributed by atoms with van der Waals surface area (Å²) in [7, 11) is 0. The molecule has 28 heavy (non-hydrogen) atoms. The molecule has 0 atom stereocenters. The van der Waals surface area contributed by atoms with Gasteiger partial charge < -0.3 is 20.7 Å². The Labute approximate surface area is 163 Å². The zero-order valence-corrected chi connectivity index (χ0v) is 15.2. The van der Waals surface area contributed by atoms with Gasteiger partial charge in [-0.2, -0.15) is 0 Å². The number of nitrogens with one attached hydrogen (secondary N) is 3. The third-order valence-corrected chi connectivity index (χ3v) is 3.78. The van der Waals surface area contributed by atoms with Gasteiger partial charge in [0.2, 0.25) is 5.91 Å². The molecule has 3 N–H and O–H groups in total. The minimum absolute atomic E-state index is 0.165. The zero-order valence-electron chi connectivity index (χ0n) is 15.2. The van der Waals surface area contributed by atoms with Crippen molar-refractivity contribution in [1.29, 1.82) is 0 Å². The van der Waals surface area contributed by atoms with Gasteiger partial charge in [-0.05, 0) is 42.5 Å². The van der Waals surface area contributed by atoms with Crippen molar-refractivity contribution in [2.45, 2.75) is 6.42 Å². The molecule has 0 radical (unpaired) electrons. The lowest BCUT2D eigenvalue weighted by Gasteiger charge is -2.10. The first kappa shape index (κ1) is 19.0. The molecule has 0 aliphatic carbocycles. The summed E-state index contributed by atoms with van der Waals surface area (Å²) >= 11 is 0. The van der Waals surface area contributed by atoms with Gasteiger partial charge >= 0.3 is 6.03 Å². The van der Waals surface area contributed by atoms with E-state index < -0.39 is 0 Å². The van der Waals surface area contributed by atoms with E-state index in [4.69, 9.17) is 4.74 Å². The van der Waals surface area contributed by atoms with Crippen LogP contribution >= 0.6 is 0 Å². The van der Waals surface area contributed by atoms with Crippen LogP contribution in [0.1, 0.15) is 6.42 Å². The highest BCUT2D eigenvalue weighted by molar-refractivity contribution is 6.00. The van der Waals surface area contributed by atoms with E-state index >= 15 is 0 Å². The first-order valence-electron chi connectivity index (χ1n) is 8.90. The van der Waals surface area contributed by atoms with Gasteiger partial charge in [-0.1, -0.05) is 42.5 Å². The second-order valence-electron chi connectivity index (χ2n) is 5.99. The Hall–Kier alpha value is -3.80. The topological polar surface area (TPSA) is 79.5 Å². The second kappa shape index (κ2) is 9.78. The first-order valence-corrected chi connectivity index (χ1v) is 8.90. The summed E-state index contributed by atoms with van der Waals surface area (Å²) < 4.78 is 5.52. The van der Waals surface area contributed by atoms with E-state index in [-0.39, 0.29) is 25.0 Å². The Morgan fingerprint density at radius 1 is 0.679 bits per heavy atom. The van der Waals surface area contributed by atoms with E-state index in [1.165, 1.54) is 0 Å². The fourth-order valence-electron chi connectivity index (χ4n) is 2.49. The third kappa shape index (κ3) is 6.17. The van der Waals surface area contributed by atoms with Gasteiger partial charge in [0, 0.05) is 17.1 Å². The van der Waals surface area contributed by atoms with Crippen molar-refractivity contribution in [2.24, 2.45) is 0 Å². The van der Waals surface area contributed by atoms with Gasteiger partial charge in [-0.15, -0.1) is 0 Å². The Kier molecular flexibility index (Phi) is 6.62. The highest BCUT2D eigenvalue weighted by atomic mass is 16.5. The summed E-state index contributed by atoms with van der Waals surface area (Å²) in [5, 5.41) is 8.28. The van der Waals surface area contributed by atoms with E-state index in [9.17, 15) is 9.59 Å². The molecule has 3 amide bonds. The van der Waals surface area contributed by atoms with Gasteiger partial charge in [0.25, 0.3) is 0 Å². The van der Waals surface area contributed by atoms with Crippen molar-refractivity contribution in [3.05, 3.63) is 84.9 Å². The lowest BCUT2D eigenvalue weighted by molar-refractivity contribution is -0.116. The monoisotopic (exact) mass is 375 g/mol. The maximum absolute atomic E-state index is 12.1. The minimum atomic E-state index is -0.356. The summed E-state index contributed by atoms with van der Waals surface area (Å²) in [4.78, 5) is 24.2. The molecule has 3 rings (SSSR count). The Bertz CT molecular complexity index is 915.